The van der Waals surface area contributed by atoms with Gasteiger partial charge < -0.3 is 14.5 Å². The Labute approximate surface area is 148 Å². The van der Waals surface area contributed by atoms with Gasteiger partial charge in [0.2, 0.25) is 0 Å². The number of nitrogens with zero attached hydrogens (tertiary/aromatic N) is 3. The predicted octanol–water partition coefficient (Wildman–Crippen LogP) is 2.62. The Morgan fingerprint density at radius 1 is 1.28 bits per heavy atom. The molecule has 1 spiro atoms. The van der Waals surface area contributed by atoms with E-state index >= 15 is 0 Å². The Bertz CT molecular complexity index is 666. The number of aromatic nitrogens is 2. The zero-order chi connectivity index (χ0) is 18.4. The highest BCUT2D eigenvalue weighted by Gasteiger charge is 2.55. The van der Waals surface area contributed by atoms with Crippen LogP contribution in [0.25, 0.3) is 0 Å². The zero-order valence-corrected chi connectivity index (χ0v) is 15.8. The second-order valence-electron chi connectivity index (χ2n) is 8.36. The van der Waals surface area contributed by atoms with E-state index in [2.05, 4.69) is 24.0 Å². The molecule has 25 heavy (non-hydrogen) atoms. The highest BCUT2D eigenvalue weighted by Crippen LogP contribution is 2.40. The van der Waals surface area contributed by atoms with Gasteiger partial charge in [-0.05, 0) is 32.3 Å². The summed E-state index contributed by atoms with van der Waals surface area (Å²) in [5, 5.41) is 7.04. The lowest BCUT2D eigenvalue weighted by molar-refractivity contribution is -0.1000. The van der Waals surface area contributed by atoms with Crippen molar-refractivity contribution < 1.29 is 14.3 Å². The maximum absolute atomic E-state index is 12.5. The van der Waals surface area contributed by atoms with Crippen LogP contribution in [0.4, 0.5) is 4.79 Å². The monoisotopic (exact) mass is 348 g/mol. The van der Waals surface area contributed by atoms with Crippen LogP contribution in [0.3, 0.4) is 0 Å². The number of hydrogen-bond acceptors (Lipinski definition) is 4. The molecular formula is C18H28N4O3. The smallest absolute Gasteiger partial charge is 0.410 e. The number of rotatable bonds is 4. The molecule has 0 aromatic carbocycles. The first kappa shape index (κ1) is 17.8. The standard InChI is InChI=1S/C18H28N4O3/c1-6-17(4,5)25-16(24)22-10-18(11-22)8-21(9-18)15(23)14-7-13(12(2)3)19-20-14/h7,12H,6,8-11H2,1-5H3,(H,19,20). The number of nitrogens with one attached hydrogen (secondary N) is 1. The summed E-state index contributed by atoms with van der Waals surface area (Å²) in [5.41, 5.74) is 1.05. The van der Waals surface area contributed by atoms with Gasteiger partial charge in [0.05, 0.1) is 0 Å². The van der Waals surface area contributed by atoms with E-state index in [9.17, 15) is 9.59 Å². The van der Waals surface area contributed by atoms with Gasteiger partial charge in [-0.2, -0.15) is 5.10 Å². The summed E-state index contributed by atoms with van der Waals surface area (Å²) in [7, 11) is 0. The van der Waals surface area contributed by atoms with Crippen molar-refractivity contribution in [3.63, 3.8) is 0 Å². The lowest BCUT2D eigenvalue weighted by Gasteiger charge is -2.59. The van der Waals surface area contributed by atoms with Crippen molar-refractivity contribution in [2.45, 2.75) is 52.6 Å². The van der Waals surface area contributed by atoms with Crippen LogP contribution < -0.4 is 0 Å². The topological polar surface area (TPSA) is 78.5 Å². The number of ether oxygens (including phenoxy) is 1. The highest BCUT2D eigenvalue weighted by molar-refractivity contribution is 5.93. The number of aromatic amines is 1. The number of likely N-dealkylation sites (tertiary alicyclic amines) is 2. The minimum atomic E-state index is -0.435. The summed E-state index contributed by atoms with van der Waals surface area (Å²) in [6, 6.07) is 1.83. The van der Waals surface area contributed by atoms with Gasteiger partial charge in [0, 0.05) is 37.3 Å². The van der Waals surface area contributed by atoms with E-state index in [-0.39, 0.29) is 17.4 Å². The first-order chi connectivity index (χ1) is 11.6. The van der Waals surface area contributed by atoms with E-state index in [1.807, 2.05) is 26.8 Å². The Balaban J connectivity index is 1.48. The number of H-pyrrole nitrogens is 1. The summed E-state index contributed by atoms with van der Waals surface area (Å²) in [4.78, 5) is 28.1. The fourth-order valence-corrected chi connectivity index (χ4v) is 3.28. The molecule has 2 fully saturated rings. The van der Waals surface area contributed by atoms with Crippen molar-refractivity contribution in [2.24, 2.45) is 5.41 Å². The van der Waals surface area contributed by atoms with Crippen LogP contribution in [0.1, 0.15) is 63.1 Å². The van der Waals surface area contributed by atoms with Crippen molar-refractivity contribution in [3.8, 4) is 0 Å². The summed E-state index contributed by atoms with van der Waals surface area (Å²) in [6.07, 6.45) is 0.526. The fourth-order valence-electron chi connectivity index (χ4n) is 3.28. The molecule has 3 heterocycles. The molecule has 0 saturated carbocycles. The summed E-state index contributed by atoms with van der Waals surface area (Å²) < 4.78 is 5.51. The van der Waals surface area contributed by atoms with Gasteiger partial charge in [-0.25, -0.2) is 4.79 Å². The summed E-state index contributed by atoms with van der Waals surface area (Å²) in [6.45, 7) is 12.6. The lowest BCUT2D eigenvalue weighted by Crippen LogP contribution is -2.73. The van der Waals surface area contributed by atoms with Crippen molar-refractivity contribution in [1.29, 1.82) is 0 Å². The average Bonchev–Trinajstić information content (AvgIpc) is 2.93. The van der Waals surface area contributed by atoms with Gasteiger partial charge in [0.1, 0.15) is 11.3 Å². The number of amides is 2. The predicted molar refractivity (Wildman–Crippen MR) is 93.4 cm³/mol. The molecule has 0 atom stereocenters. The molecule has 0 radical (unpaired) electrons. The fraction of sp³-hybridized carbons (Fsp3) is 0.722. The molecular weight excluding hydrogens is 320 g/mol. The molecule has 2 amide bonds. The Morgan fingerprint density at radius 2 is 1.88 bits per heavy atom. The molecule has 138 valence electrons. The third-order valence-corrected chi connectivity index (χ3v) is 5.30. The molecule has 2 saturated heterocycles. The Kier molecular flexibility index (Phi) is 4.29. The third kappa shape index (κ3) is 3.37. The van der Waals surface area contributed by atoms with Crippen molar-refractivity contribution >= 4 is 12.0 Å². The van der Waals surface area contributed by atoms with E-state index < -0.39 is 5.60 Å². The third-order valence-electron chi connectivity index (χ3n) is 5.30. The van der Waals surface area contributed by atoms with Gasteiger partial charge in [-0.3, -0.25) is 9.89 Å². The molecule has 3 rings (SSSR count). The quantitative estimate of drug-likeness (QED) is 0.907. The zero-order valence-electron chi connectivity index (χ0n) is 15.8. The molecule has 2 aliphatic heterocycles. The van der Waals surface area contributed by atoms with Crippen LogP contribution in [0, 0.1) is 5.41 Å². The largest absolute Gasteiger partial charge is 0.443 e. The van der Waals surface area contributed by atoms with E-state index in [0.717, 1.165) is 12.1 Å². The van der Waals surface area contributed by atoms with Crippen molar-refractivity contribution in [3.05, 3.63) is 17.5 Å². The molecule has 1 N–H and O–H groups in total. The highest BCUT2D eigenvalue weighted by atomic mass is 16.6. The van der Waals surface area contributed by atoms with Gasteiger partial charge in [-0.15, -0.1) is 0 Å². The van der Waals surface area contributed by atoms with E-state index in [0.29, 0.717) is 37.8 Å². The van der Waals surface area contributed by atoms with Crippen LogP contribution in [0.2, 0.25) is 0 Å². The maximum atomic E-state index is 12.5. The second-order valence-corrected chi connectivity index (χ2v) is 8.36. The van der Waals surface area contributed by atoms with Gasteiger partial charge in [-0.1, -0.05) is 20.8 Å². The average molecular weight is 348 g/mol. The van der Waals surface area contributed by atoms with Crippen molar-refractivity contribution in [1.82, 2.24) is 20.0 Å². The molecule has 1 aromatic rings. The molecule has 1 aromatic heterocycles. The molecule has 0 aliphatic carbocycles. The first-order valence-electron chi connectivity index (χ1n) is 8.97. The van der Waals surface area contributed by atoms with Gasteiger partial charge in [0.25, 0.3) is 5.91 Å². The molecule has 0 bridgehead atoms. The van der Waals surface area contributed by atoms with Crippen molar-refractivity contribution in [2.75, 3.05) is 26.2 Å². The summed E-state index contributed by atoms with van der Waals surface area (Å²) in [5.74, 6) is 0.275. The van der Waals surface area contributed by atoms with E-state index in [1.54, 1.807) is 9.80 Å². The molecule has 0 unspecified atom stereocenters. The minimum absolute atomic E-state index is 0.0399. The first-order valence-corrected chi connectivity index (χ1v) is 8.97. The molecule has 2 aliphatic rings. The molecule has 7 heteroatoms. The molecule has 7 nitrogen and oxygen atoms in total. The minimum Gasteiger partial charge on any atom is -0.443 e. The van der Waals surface area contributed by atoms with Crippen LogP contribution in [-0.2, 0) is 4.74 Å². The SMILES string of the molecule is CCC(C)(C)OC(=O)N1CC2(C1)CN(C(=O)c1cc(C(C)C)[nH]n1)C2. The van der Waals surface area contributed by atoms with E-state index in [1.165, 1.54) is 0 Å². The van der Waals surface area contributed by atoms with Crippen LogP contribution in [0.15, 0.2) is 6.07 Å². The second kappa shape index (κ2) is 6.04. The van der Waals surface area contributed by atoms with Gasteiger partial charge in [0.15, 0.2) is 0 Å². The van der Waals surface area contributed by atoms with E-state index in [4.69, 9.17) is 4.74 Å². The van der Waals surface area contributed by atoms with Crippen LogP contribution in [-0.4, -0.2) is 63.8 Å². The Hall–Kier alpha value is -2.05. The van der Waals surface area contributed by atoms with Crippen LogP contribution >= 0.6 is 0 Å². The maximum Gasteiger partial charge on any atom is 0.410 e. The summed E-state index contributed by atoms with van der Waals surface area (Å²) >= 11 is 0. The normalized spacial score (nSPS) is 19.0. The number of carbonyl (C=O) groups is 2. The number of hydrogen-bond donors (Lipinski definition) is 1. The lowest BCUT2D eigenvalue weighted by atomic mass is 9.73. The van der Waals surface area contributed by atoms with Crippen LogP contribution in [0.5, 0.6) is 0 Å². The Morgan fingerprint density at radius 3 is 2.40 bits per heavy atom. The number of carbonyl (C=O) groups excluding carboxylic acids is 2. The van der Waals surface area contributed by atoms with Gasteiger partial charge >= 0.3 is 6.09 Å².